The van der Waals surface area contributed by atoms with Gasteiger partial charge in [-0.2, -0.15) is 5.10 Å². The quantitative estimate of drug-likeness (QED) is 0.280. The third kappa shape index (κ3) is 4.90. The number of carbonyl (C=O) groups excluding carboxylic acids is 1. The van der Waals surface area contributed by atoms with Gasteiger partial charge in [0.25, 0.3) is 11.5 Å². The number of likely N-dealkylation sites (tertiary alicyclic amines) is 1. The average molecular weight is 612 g/mol. The summed E-state index contributed by atoms with van der Waals surface area (Å²) in [6.07, 6.45) is 6.80. The number of pyridine rings is 1. The number of primary amides is 1. The van der Waals surface area contributed by atoms with E-state index in [0.717, 1.165) is 48.3 Å². The number of hydrogen-bond acceptors (Lipinski definition) is 8. The molecule has 1 saturated heterocycles. The topological polar surface area (TPSA) is 150 Å². The highest BCUT2D eigenvalue weighted by atomic mass is 16.2. The van der Waals surface area contributed by atoms with Crippen LogP contribution in [0.1, 0.15) is 40.5 Å². The number of amides is 1. The molecule has 0 spiro atoms. The molecule has 1 aliphatic heterocycles. The molecule has 1 amide bonds. The van der Waals surface area contributed by atoms with Gasteiger partial charge in [0.2, 0.25) is 0 Å². The van der Waals surface area contributed by atoms with Crippen LogP contribution in [0, 0.1) is 6.92 Å². The van der Waals surface area contributed by atoms with Gasteiger partial charge in [0.1, 0.15) is 17.4 Å². The first-order valence-corrected chi connectivity index (χ1v) is 15.2. The van der Waals surface area contributed by atoms with Crippen LogP contribution in [0.4, 0.5) is 5.82 Å². The second-order valence-electron chi connectivity index (χ2n) is 11.7. The van der Waals surface area contributed by atoms with E-state index in [4.69, 9.17) is 11.5 Å². The minimum absolute atomic E-state index is 0.138. The van der Waals surface area contributed by atoms with Crippen molar-refractivity contribution in [3.63, 3.8) is 0 Å². The Hall–Kier alpha value is -5.68. The van der Waals surface area contributed by atoms with Crippen molar-refractivity contribution in [2.45, 2.75) is 25.7 Å². The number of nitrogens with two attached hydrogens (primary N) is 2. The largest absolute Gasteiger partial charge is 0.382 e. The van der Waals surface area contributed by atoms with Gasteiger partial charge in [-0.25, -0.2) is 19.5 Å². The highest BCUT2D eigenvalue weighted by molar-refractivity contribution is 6.04. The van der Waals surface area contributed by atoms with Crippen LogP contribution in [0.15, 0.2) is 90.2 Å². The summed E-state index contributed by atoms with van der Waals surface area (Å²) in [4.78, 5) is 42.8. The van der Waals surface area contributed by atoms with Gasteiger partial charge in [-0.05, 0) is 75.3 Å². The first-order valence-electron chi connectivity index (χ1n) is 15.2. The van der Waals surface area contributed by atoms with Gasteiger partial charge in [0.05, 0.1) is 0 Å². The minimum atomic E-state index is -0.836. The summed E-state index contributed by atoms with van der Waals surface area (Å²) in [6, 6.07) is 20.7. The highest BCUT2D eigenvalue weighted by Gasteiger charge is 2.28. The molecule has 4 N–H and O–H groups in total. The van der Waals surface area contributed by atoms with E-state index in [1.165, 1.54) is 10.9 Å². The molecule has 5 heterocycles. The van der Waals surface area contributed by atoms with Crippen molar-refractivity contribution in [3.05, 3.63) is 113 Å². The number of anilines is 1. The molecule has 7 rings (SSSR count). The SMILES string of the molecule is Cc1c(-c2ncccn2)c(-c2ccc(-c3cc(C4CCN(C)CC4)n4ncnc(N)c34)cc2)c(C(N)=O)c(=O)n1-c1ccccc1. The van der Waals surface area contributed by atoms with Crippen LogP contribution in [0.2, 0.25) is 0 Å². The number of piperidine rings is 1. The van der Waals surface area contributed by atoms with Gasteiger partial charge in [-0.3, -0.25) is 14.2 Å². The molecule has 11 heteroatoms. The zero-order chi connectivity index (χ0) is 31.9. The van der Waals surface area contributed by atoms with Crippen LogP contribution >= 0.6 is 0 Å². The Kier molecular flexibility index (Phi) is 7.37. The Labute approximate surface area is 265 Å². The Morgan fingerprint density at radius 2 is 1.57 bits per heavy atom. The monoisotopic (exact) mass is 611 g/mol. The van der Waals surface area contributed by atoms with Crippen LogP contribution in [0.5, 0.6) is 0 Å². The zero-order valence-electron chi connectivity index (χ0n) is 25.6. The molecule has 6 aromatic rings. The standard InChI is InChI=1S/C35H33N9O2/c1-21-28(34-38-15-6-16-39-34)29(30(33(37)45)35(46)43(21)25-7-4-3-5-8-25)24-11-9-22(10-12-24)26-19-27(23-13-17-42(2)18-14-23)44-31(26)32(36)40-20-41-44/h3-12,15-16,19-20,23H,13-14,17-18H2,1-2H3,(H2,37,45)(H2,36,40,41). The van der Waals surface area contributed by atoms with Crippen molar-refractivity contribution < 1.29 is 4.79 Å². The molecule has 0 saturated carbocycles. The normalized spacial score (nSPS) is 14.1. The lowest BCUT2D eigenvalue weighted by Crippen LogP contribution is -2.32. The number of para-hydroxylation sites is 1. The summed E-state index contributed by atoms with van der Waals surface area (Å²) >= 11 is 0. The lowest BCUT2D eigenvalue weighted by molar-refractivity contribution is 0.0999. The van der Waals surface area contributed by atoms with E-state index in [1.807, 2.05) is 53.9 Å². The molecule has 4 aromatic heterocycles. The molecule has 0 atom stereocenters. The van der Waals surface area contributed by atoms with E-state index in [9.17, 15) is 9.59 Å². The van der Waals surface area contributed by atoms with Crippen molar-refractivity contribution in [3.8, 4) is 39.3 Å². The fraction of sp³-hybridized carbons (Fsp3) is 0.200. The number of hydrogen-bond donors (Lipinski definition) is 2. The summed E-state index contributed by atoms with van der Waals surface area (Å²) in [5, 5.41) is 4.59. The molecule has 0 radical (unpaired) electrons. The van der Waals surface area contributed by atoms with Crippen LogP contribution in [0.25, 0.3) is 44.8 Å². The Bertz CT molecular complexity index is 2130. The lowest BCUT2D eigenvalue weighted by atomic mass is 9.91. The molecular formula is C35H33N9O2. The van der Waals surface area contributed by atoms with Crippen LogP contribution in [0.3, 0.4) is 0 Å². The van der Waals surface area contributed by atoms with Crippen molar-refractivity contribution in [2.24, 2.45) is 5.73 Å². The zero-order valence-corrected chi connectivity index (χ0v) is 25.6. The van der Waals surface area contributed by atoms with Crippen molar-refractivity contribution in [1.29, 1.82) is 0 Å². The predicted molar refractivity (Wildman–Crippen MR) is 178 cm³/mol. The fourth-order valence-electron chi connectivity index (χ4n) is 6.62. The van der Waals surface area contributed by atoms with Crippen molar-refractivity contribution in [2.75, 3.05) is 25.9 Å². The minimum Gasteiger partial charge on any atom is -0.382 e. The summed E-state index contributed by atoms with van der Waals surface area (Å²) in [5.41, 5.74) is 18.1. The first kappa shape index (κ1) is 29.1. The molecule has 0 bridgehead atoms. The van der Waals surface area contributed by atoms with E-state index in [-0.39, 0.29) is 5.56 Å². The van der Waals surface area contributed by atoms with Gasteiger partial charge in [0.15, 0.2) is 11.6 Å². The molecular weight excluding hydrogens is 578 g/mol. The van der Waals surface area contributed by atoms with E-state index >= 15 is 0 Å². The number of nitrogen functional groups attached to an aromatic ring is 1. The predicted octanol–water partition coefficient (Wildman–Crippen LogP) is 4.47. The number of nitrogens with zero attached hydrogens (tertiary/aromatic N) is 7. The van der Waals surface area contributed by atoms with Gasteiger partial charge >= 0.3 is 0 Å². The number of fused-ring (bicyclic) bond motifs is 1. The molecule has 0 unspecified atom stereocenters. The Morgan fingerprint density at radius 1 is 0.891 bits per heavy atom. The maximum Gasteiger partial charge on any atom is 0.268 e. The number of carbonyl (C=O) groups is 1. The van der Waals surface area contributed by atoms with Crippen LogP contribution in [-0.2, 0) is 0 Å². The number of rotatable bonds is 6. The Morgan fingerprint density at radius 3 is 2.24 bits per heavy atom. The van der Waals surface area contributed by atoms with E-state index < -0.39 is 11.5 Å². The summed E-state index contributed by atoms with van der Waals surface area (Å²) in [7, 11) is 2.14. The number of aromatic nitrogens is 6. The van der Waals surface area contributed by atoms with Crippen LogP contribution < -0.4 is 17.0 Å². The molecule has 11 nitrogen and oxygen atoms in total. The van der Waals surface area contributed by atoms with E-state index in [0.29, 0.717) is 45.6 Å². The fourth-order valence-corrected chi connectivity index (χ4v) is 6.62. The Balaban J connectivity index is 1.42. The highest BCUT2D eigenvalue weighted by Crippen LogP contribution is 2.39. The number of benzene rings is 2. The second kappa shape index (κ2) is 11.7. The molecule has 0 aliphatic carbocycles. The van der Waals surface area contributed by atoms with Gasteiger partial charge in [0, 0.05) is 52.1 Å². The van der Waals surface area contributed by atoms with Crippen molar-refractivity contribution >= 4 is 17.2 Å². The molecule has 2 aromatic carbocycles. The van der Waals surface area contributed by atoms with Crippen molar-refractivity contribution in [1.82, 2.24) is 34.0 Å². The van der Waals surface area contributed by atoms with Crippen LogP contribution in [-0.4, -0.2) is 60.1 Å². The molecule has 46 heavy (non-hydrogen) atoms. The van der Waals surface area contributed by atoms with Gasteiger partial charge in [-0.1, -0.05) is 42.5 Å². The maximum atomic E-state index is 14.0. The third-order valence-electron chi connectivity index (χ3n) is 8.90. The van der Waals surface area contributed by atoms with E-state index in [2.05, 4.69) is 38.1 Å². The average Bonchev–Trinajstić information content (AvgIpc) is 3.47. The second-order valence-corrected chi connectivity index (χ2v) is 11.7. The van der Waals surface area contributed by atoms with E-state index in [1.54, 1.807) is 30.6 Å². The third-order valence-corrected chi connectivity index (χ3v) is 8.90. The summed E-state index contributed by atoms with van der Waals surface area (Å²) in [6.45, 7) is 3.85. The molecule has 1 fully saturated rings. The molecule has 230 valence electrons. The van der Waals surface area contributed by atoms with Gasteiger partial charge in [-0.15, -0.1) is 0 Å². The first-order chi connectivity index (χ1) is 22.3. The maximum absolute atomic E-state index is 14.0. The van der Waals surface area contributed by atoms with Gasteiger partial charge < -0.3 is 16.4 Å². The summed E-state index contributed by atoms with van der Waals surface area (Å²) < 4.78 is 3.41. The summed E-state index contributed by atoms with van der Waals surface area (Å²) in [5.74, 6) is 0.277. The molecule has 1 aliphatic rings. The smallest absolute Gasteiger partial charge is 0.268 e. The lowest BCUT2D eigenvalue weighted by Gasteiger charge is -2.28.